The number of ketones is 1. The van der Waals surface area contributed by atoms with Crippen LogP contribution in [-0.4, -0.2) is 36.9 Å². The zero-order valence-electron chi connectivity index (χ0n) is 15.9. The van der Waals surface area contributed by atoms with Crippen LogP contribution in [0.3, 0.4) is 0 Å². The molecule has 1 heterocycles. The summed E-state index contributed by atoms with van der Waals surface area (Å²) < 4.78 is 13.0. The second-order valence-electron chi connectivity index (χ2n) is 8.15. The molecule has 0 unspecified atom stereocenters. The Hall–Kier alpha value is -1.92. The summed E-state index contributed by atoms with van der Waals surface area (Å²) in [5.41, 5.74) is 1.71. The molecule has 0 atom stereocenters. The second-order valence-corrected chi connectivity index (χ2v) is 13.8. The van der Waals surface area contributed by atoms with Crippen LogP contribution in [0.15, 0.2) is 36.5 Å². The van der Waals surface area contributed by atoms with Crippen molar-refractivity contribution in [1.29, 1.82) is 0 Å². The summed E-state index contributed by atoms with van der Waals surface area (Å²) in [6, 6.07) is 10.9. The lowest BCUT2D eigenvalue weighted by Gasteiger charge is -2.15. The van der Waals surface area contributed by atoms with Gasteiger partial charge in [0.05, 0.1) is 0 Å². The topological polar surface area (TPSA) is 53.4 Å². The van der Waals surface area contributed by atoms with E-state index < -0.39 is 8.07 Å². The highest BCUT2D eigenvalue weighted by molar-refractivity contribution is 6.76. The number of hydrogen-bond acceptors (Lipinski definition) is 4. The zero-order chi connectivity index (χ0) is 18.6. The van der Waals surface area contributed by atoms with Crippen molar-refractivity contribution in [2.24, 2.45) is 0 Å². The molecule has 0 saturated heterocycles. The van der Waals surface area contributed by atoms with Crippen molar-refractivity contribution in [2.75, 3.05) is 13.2 Å². The largest absolute Gasteiger partial charge is 0.485 e. The van der Waals surface area contributed by atoms with E-state index in [0.29, 0.717) is 18.3 Å². The lowest BCUT2D eigenvalue weighted by atomic mass is 10.1. The maximum atomic E-state index is 12.3. The van der Waals surface area contributed by atoms with Gasteiger partial charge in [0.2, 0.25) is 5.78 Å². The van der Waals surface area contributed by atoms with Crippen molar-refractivity contribution >= 4 is 13.9 Å². The van der Waals surface area contributed by atoms with E-state index in [1.54, 1.807) is 16.9 Å². The summed E-state index contributed by atoms with van der Waals surface area (Å²) in [7, 11) is -1.08. The molecule has 3 rings (SSSR count). The van der Waals surface area contributed by atoms with Gasteiger partial charge in [-0.25, -0.2) is 4.68 Å². The first kappa shape index (κ1) is 18.9. The average molecular weight is 373 g/mol. The highest BCUT2D eigenvalue weighted by atomic mass is 28.3. The van der Waals surface area contributed by atoms with E-state index in [4.69, 9.17) is 9.47 Å². The van der Waals surface area contributed by atoms with Crippen LogP contribution in [-0.2, 0) is 11.5 Å². The molecule has 2 aromatic rings. The Morgan fingerprint density at radius 2 is 2.08 bits per heavy atom. The lowest BCUT2D eigenvalue weighted by molar-refractivity contribution is 0.0774. The minimum Gasteiger partial charge on any atom is -0.485 e. The molecule has 26 heavy (non-hydrogen) atoms. The molecule has 140 valence electrons. The van der Waals surface area contributed by atoms with Gasteiger partial charge in [-0.3, -0.25) is 4.79 Å². The van der Waals surface area contributed by atoms with Gasteiger partial charge < -0.3 is 9.47 Å². The third-order valence-corrected chi connectivity index (χ3v) is 6.13. The molecule has 0 N–H and O–H groups in total. The van der Waals surface area contributed by atoms with E-state index in [1.165, 1.54) is 18.4 Å². The van der Waals surface area contributed by atoms with Gasteiger partial charge in [-0.05, 0) is 48.6 Å². The van der Waals surface area contributed by atoms with Gasteiger partial charge in [0.1, 0.15) is 18.2 Å². The van der Waals surface area contributed by atoms with Crippen LogP contribution in [0.2, 0.25) is 25.7 Å². The summed E-state index contributed by atoms with van der Waals surface area (Å²) in [5.74, 6) is 1.30. The maximum absolute atomic E-state index is 12.3. The highest BCUT2D eigenvalue weighted by Gasteiger charge is 2.23. The number of carbonyl (C=O) groups is 1. The van der Waals surface area contributed by atoms with Crippen molar-refractivity contribution in [2.45, 2.75) is 51.2 Å². The average Bonchev–Trinajstić information content (AvgIpc) is 3.35. The molecule has 1 aromatic heterocycles. The number of nitrogens with zero attached hydrogens (tertiary/aromatic N) is 2. The zero-order valence-corrected chi connectivity index (χ0v) is 16.9. The van der Waals surface area contributed by atoms with Crippen molar-refractivity contribution in [3.8, 4) is 5.75 Å². The standard InChI is InChI=1S/C20H28N2O3Si/c1-26(2,3)12-11-24-15-22-10-9-19(21-22)20(23)14-25-18-6-4-5-17(13-18)16-7-8-16/h4-6,9-10,13,16H,7-8,11-12,14-15H2,1-3H3. The van der Waals surface area contributed by atoms with E-state index in [-0.39, 0.29) is 12.4 Å². The normalized spacial score (nSPS) is 14.4. The third-order valence-electron chi connectivity index (χ3n) is 4.42. The second kappa shape index (κ2) is 8.18. The number of carbonyl (C=O) groups excluding carboxylic acids is 1. The van der Waals surface area contributed by atoms with Crippen molar-refractivity contribution in [1.82, 2.24) is 9.78 Å². The Morgan fingerprint density at radius 1 is 1.27 bits per heavy atom. The molecule has 1 saturated carbocycles. The first-order valence-electron chi connectivity index (χ1n) is 9.28. The Bertz CT molecular complexity index is 748. The van der Waals surface area contributed by atoms with E-state index in [0.717, 1.165) is 18.4 Å². The van der Waals surface area contributed by atoms with Gasteiger partial charge >= 0.3 is 0 Å². The Balaban J connectivity index is 1.45. The molecule has 6 heteroatoms. The number of aromatic nitrogens is 2. The molecule has 0 bridgehead atoms. The molecule has 1 aliphatic rings. The number of rotatable bonds is 10. The molecular weight excluding hydrogens is 344 g/mol. The summed E-state index contributed by atoms with van der Waals surface area (Å²) in [6.45, 7) is 8.08. The van der Waals surface area contributed by atoms with Crippen molar-refractivity contribution in [3.05, 3.63) is 47.8 Å². The van der Waals surface area contributed by atoms with E-state index in [9.17, 15) is 4.79 Å². The fourth-order valence-electron chi connectivity index (χ4n) is 2.62. The van der Waals surface area contributed by atoms with Crippen LogP contribution in [0.5, 0.6) is 5.75 Å². The quantitative estimate of drug-likeness (QED) is 0.354. The molecule has 1 aliphatic carbocycles. The third kappa shape index (κ3) is 5.81. The van der Waals surface area contributed by atoms with Gasteiger partial charge in [0.25, 0.3) is 0 Å². The van der Waals surface area contributed by atoms with Crippen LogP contribution < -0.4 is 4.74 Å². The minimum absolute atomic E-state index is 0.00160. The van der Waals surface area contributed by atoms with Gasteiger partial charge in [0, 0.05) is 20.9 Å². The molecule has 0 radical (unpaired) electrons. The van der Waals surface area contributed by atoms with Gasteiger partial charge in [0.15, 0.2) is 6.61 Å². The van der Waals surface area contributed by atoms with E-state index >= 15 is 0 Å². The summed E-state index contributed by atoms with van der Waals surface area (Å²) >= 11 is 0. The number of ether oxygens (including phenoxy) is 2. The van der Waals surface area contributed by atoms with Crippen LogP contribution in [0.1, 0.15) is 34.8 Å². The molecular formula is C20H28N2O3Si. The van der Waals surface area contributed by atoms with Crippen molar-refractivity contribution < 1.29 is 14.3 Å². The molecule has 1 fully saturated rings. The predicted molar refractivity (Wildman–Crippen MR) is 105 cm³/mol. The maximum Gasteiger partial charge on any atom is 0.220 e. The van der Waals surface area contributed by atoms with Crippen LogP contribution in [0.4, 0.5) is 0 Å². The summed E-state index contributed by atoms with van der Waals surface area (Å²) in [6.07, 6.45) is 4.27. The van der Waals surface area contributed by atoms with Crippen LogP contribution in [0.25, 0.3) is 0 Å². The predicted octanol–water partition coefficient (Wildman–Crippen LogP) is 4.33. The summed E-state index contributed by atoms with van der Waals surface area (Å²) in [5, 5.41) is 4.29. The Labute approximate surface area is 156 Å². The number of benzene rings is 1. The van der Waals surface area contributed by atoms with E-state index in [2.05, 4.69) is 30.8 Å². The van der Waals surface area contributed by atoms with Gasteiger partial charge in [-0.1, -0.05) is 31.8 Å². The first-order valence-corrected chi connectivity index (χ1v) is 13.0. The van der Waals surface area contributed by atoms with Crippen molar-refractivity contribution in [3.63, 3.8) is 0 Å². The van der Waals surface area contributed by atoms with Gasteiger partial charge in [-0.15, -0.1) is 0 Å². The number of Topliss-reactive ketones (excluding diaryl/α,β-unsaturated/α-hetero) is 1. The molecule has 0 aliphatic heterocycles. The molecule has 5 nitrogen and oxygen atoms in total. The number of hydrogen-bond donors (Lipinski definition) is 0. The monoisotopic (exact) mass is 372 g/mol. The lowest BCUT2D eigenvalue weighted by Crippen LogP contribution is -2.22. The molecule has 1 aromatic carbocycles. The molecule has 0 spiro atoms. The Morgan fingerprint density at radius 3 is 2.81 bits per heavy atom. The van der Waals surface area contributed by atoms with Crippen LogP contribution in [0, 0.1) is 0 Å². The van der Waals surface area contributed by atoms with Crippen LogP contribution >= 0.6 is 0 Å². The fourth-order valence-corrected chi connectivity index (χ4v) is 3.37. The fraction of sp³-hybridized carbons (Fsp3) is 0.500. The molecule has 0 amide bonds. The minimum atomic E-state index is -1.08. The van der Waals surface area contributed by atoms with E-state index in [1.807, 2.05) is 18.2 Å². The Kier molecular flexibility index (Phi) is 5.93. The SMILES string of the molecule is C[Si](C)(C)CCOCn1ccc(C(=O)COc2cccc(C3CC3)c2)n1. The smallest absolute Gasteiger partial charge is 0.220 e. The highest BCUT2D eigenvalue weighted by Crippen LogP contribution is 2.40. The van der Waals surface area contributed by atoms with Gasteiger partial charge in [-0.2, -0.15) is 5.10 Å². The summed E-state index contributed by atoms with van der Waals surface area (Å²) in [4.78, 5) is 12.3. The first-order chi connectivity index (χ1) is 12.4.